The van der Waals surface area contributed by atoms with Gasteiger partial charge in [-0.25, -0.2) is 0 Å². The van der Waals surface area contributed by atoms with E-state index in [9.17, 15) is 9.59 Å². The fourth-order valence-electron chi connectivity index (χ4n) is 3.28. The van der Waals surface area contributed by atoms with Gasteiger partial charge in [-0.3, -0.25) is 9.59 Å². The van der Waals surface area contributed by atoms with Gasteiger partial charge in [0.15, 0.2) is 5.78 Å². The van der Waals surface area contributed by atoms with Crippen molar-refractivity contribution in [3.05, 3.63) is 69.7 Å². The van der Waals surface area contributed by atoms with Crippen molar-refractivity contribution < 1.29 is 14.3 Å². The van der Waals surface area contributed by atoms with Crippen molar-refractivity contribution in [3.63, 3.8) is 0 Å². The van der Waals surface area contributed by atoms with Gasteiger partial charge < -0.3 is 4.74 Å². The Morgan fingerprint density at radius 2 is 1.83 bits per heavy atom. The molecule has 0 N–H and O–H groups in total. The zero-order valence-corrected chi connectivity index (χ0v) is 14.4. The minimum Gasteiger partial charge on any atom is -0.469 e. The highest BCUT2D eigenvalue weighted by atomic mass is 79.9. The molecular formula is C19H17BrO3. The van der Waals surface area contributed by atoms with Gasteiger partial charge in [0, 0.05) is 22.4 Å². The summed E-state index contributed by atoms with van der Waals surface area (Å²) in [5.41, 5.74) is 2.89. The molecule has 0 bridgehead atoms. The number of rotatable bonds is 4. The smallest absolute Gasteiger partial charge is 0.309 e. The number of esters is 1. The van der Waals surface area contributed by atoms with E-state index in [1.54, 1.807) is 12.1 Å². The molecule has 0 heterocycles. The Hall–Kier alpha value is -1.94. The molecule has 118 valence electrons. The van der Waals surface area contributed by atoms with Gasteiger partial charge in [-0.05, 0) is 29.7 Å². The lowest BCUT2D eigenvalue weighted by Crippen LogP contribution is -2.22. The van der Waals surface area contributed by atoms with Gasteiger partial charge in [0.25, 0.3) is 0 Å². The van der Waals surface area contributed by atoms with Gasteiger partial charge in [-0.15, -0.1) is 0 Å². The molecule has 0 spiro atoms. The van der Waals surface area contributed by atoms with Crippen LogP contribution in [0.15, 0.2) is 53.0 Å². The second kappa shape index (κ2) is 6.67. The van der Waals surface area contributed by atoms with Crippen molar-refractivity contribution in [2.75, 3.05) is 7.11 Å². The molecule has 0 saturated heterocycles. The molecule has 0 unspecified atom stereocenters. The summed E-state index contributed by atoms with van der Waals surface area (Å²) < 4.78 is 5.88. The van der Waals surface area contributed by atoms with E-state index >= 15 is 0 Å². The lowest BCUT2D eigenvalue weighted by atomic mass is 9.86. The Balaban J connectivity index is 1.87. The number of ether oxygens (including phenoxy) is 1. The largest absolute Gasteiger partial charge is 0.469 e. The van der Waals surface area contributed by atoms with E-state index < -0.39 is 0 Å². The van der Waals surface area contributed by atoms with Crippen LogP contribution >= 0.6 is 15.9 Å². The van der Waals surface area contributed by atoms with E-state index in [4.69, 9.17) is 4.74 Å². The summed E-state index contributed by atoms with van der Waals surface area (Å²) >= 11 is 3.37. The topological polar surface area (TPSA) is 43.4 Å². The van der Waals surface area contributed by atoms with Crippen LogP contribution < -0.4 is 0 Å². The molecule has 0 aromatic heterocycles. The minimum absolute atomic E-state index is 0.0492. The predicted molar refractivity (Wildman–Crippen MR) is 91.5 cm³/mol. The highest BCUT2D eigenvalue weighted by Gasteiger charge is 2.38. The molecule has 0 radical (unpaired) electrons. The fourth-order valence-corrected chi connectivity index (χ4v) is 3.55. The quantitative estimate of drug-likeness (QED) is 0.597. The first kappa shape index (κ1) is 15.9. The average molecular weight is 373 g/mol. The molecule has 0 saturated carbocycles. The lowest BCUT2D eigenvalue weighted by molar-refractivity contribution is -0.145. The van der Waals surface area contributed by atoms with Crippen LogP contribution in [0.3, 0.4) is 0 Å². The summed E-state index contributed by atoms with van der Waals surface area (Å²) in [6, 6.07) is 15.3. The molecule has 2 aromatic rings. The lowest BCUT2D eigenvalue weighted by Gasteiger charge is -2.18. The maximum Gasteiger partial charge on any atom is 0.309 e. The standard InChI is InChI=1S/C19H17BrO3/c1-23-19(22)17-10-13-4-2-3-5-15(13)16(17)11-18(21)12-6-8-14(20)9-7-12/h2-9,16-17H,10-11H2,1H3/t16-,17+/m1/s1. The Labute approximate surface area is 143 Å². The zero-order valence-electron chi connectivity index (χ0n) is 12.8. The average Bonchev–Trinajstić information content (AvgIpc) is 2.93. The van der Waals surface area contributed by atoms with Crippen LogP contribution in [0.25, 0.3) is 0 Å². The molecule has 0 aliphatic heterocycles. The summed E-state index contributed by atoms with van der Waals surface area (Å²) in [4.78, 5) is 24.7. The van der Waals surface area contributed by atoms with Crippen molar-refractivity contribution >= 4 is 27.7 Å². The Kier molecular flexibility index (Phi) is 4.62. The number of carbonyl (C=O) groups excluding carboxylic acids is 2. The summed E-state index contributed by atoms with van der Waals surface area (Å²) in [6.45, 7) is 0. The van der Waals surface area contributed by atoms with Gasteiger partial charge >= 0.3 is 5.97 Å². The molecular weight excluding hydrogens is 356 g/mol. The summed E-state index contributed by atoms with van der Waals surface area (Å²) in [5, 5.41) is 0. The number of Topliss-reactive ketones (excluding diaryl/α,β-unsaturated/α-hetero) is 1. The van der Waals surface area contributed by atoms with Gasteiger partial charge in [-0.1, -0.05) is 52.3 Å². The highest BCUT2D eigenvalue weighted by Crippen LogP contribution is 2.41. The number of hydrogen-bond donors (Lipinski definition) is 0. The molecule has 2 atom stereocenters. The van der Waals surface area contributed by atoms with Crippen molar-refractivity contribution in [2.45, 2.75) is 18.8 Å². The van der Waals surface area contributed by atoms with Crippen molar-refractivity contribution in [1.82, 2.24) is 0 Å². The van der Waals surface area contributed by atoms with Crippen LogP contribution in [0.4, 0.5) is 0 Å². The Morgan fingerprint density at radius 1 is 1.13 bits per heavy atom. The van der Waals surface area contributed by atoms with Gasteiger partial charge in [0.2, 0.25) is 0 Å². The number of methoxy groups -OCH3 is 1. The summed E-state index contributed by atoms with van der Waals surface area (Å²) in [7, 11) is 1.40. The summed E-state index contributed by atoms with van der Waals surface area (Å²) in [6.07, 6.45) is 0.958. The maximum atomic E-state index is 12.6. The Morgan fingerprint density at radius 3 is 2.52 bits per heavy atom. The van der Waals surface area contributed by atoms with Crippen molar-refractivity contribution in [1.29, 1.82) is 0 Å². The van der Waals surface area contributed by atoms with Gasteiger partial charge in [0.05, 0.1) is 13.0 Å². The third-order valence-corrected chi connectivity index (χ3v) is 4.98. The van der Waals surface area contributed by atoms with E-state index in [1.807, 2.05) is 36.4 Å². The third-order valence-electron chi connectivity index (χ3n) is 4.46. The van der Waals surface area contributed by atoms with Crippen molar-refractivity contribution in [2.24, 2.45) is 5.92 Å². The predicted octanol–water partition coefficient (Wildman–Crippen LogP) is 4.15. The molecule has 1 aliphatic rings. The van der Waals surface area contributed by atoms with E-state index in [0.29, 0.717) is 18.4 Å². The summed E-state index contributed by atoms with van der Waals surface area (Å²) in [5.74, 6) is -0.588. The first-order chi connectivity index (χ1) is 11.1. The minimum atomic E-state index is -0.281. The van der Waals surface area contributed by atoms with E-state index in [1.165, 1.54) is 7.11 Å². The molecule has 4 heteroatoms. The van der Waals surface area contributed by atoms with Crippen LogP contribution in [-0.2, 0) is 16.0 Å². The van der Waals surface area contributed by atoms with E-state index in [0.717, 1.165) is 15.6 Å². The highest BCUT2D eigenvalue weighted by molar-refractivity contribution is 9.10. The molecule has 3 nitrogen and oxygen atoms in total. The van der Waals surface area contributed by atoms with Gasteiger partial charge in [-0.2, -0.15) is 0 Å². The van der Waals surface area contributed by atoms with Gasteiger partial charge in [0.1, 0.15) is 0 Å². The van der Waals surface area contributed by atoms with Crippen molar-refractivity contribution in [3.8, 4) is 0 Å². The maximum absolute atomic E-state index is 12.6. The SMILES string of the molecule is COC(=O)[C@H]1Cc2ccccc2[C@H]1CC(=O)c1ccc(Br)cc1. The number of halogens is 1. The Bertz CT molecular complexity index is 737. The third kappa shape index (κ3) is 3.22. The van der Waals surface area contributed by atoms with E-state index in [2.05, 4.69) is 15.9 Å². The molecule has 0 fully saturated rings. The first-order valence-electron chi connectivity index (χ1n) is 7.54. The monoisotopic (exact) mass is 372 g/mol. The normalized spacial score (nSPS) is 19.2. The van der Waals surface area contributed by atoms with Crippen LogP contribution in [-0.4, -0.2) is 18.9 Å². The molecule has 1 aliphatic carbocycles. The second-order valence-electron chi connectivity index (χ2n) is 5.77. The van der Waals surface area contributed by atoms with Crippen LogP contribution in [0.5, 0.6) is 0 Å². The molecule has 23 heavy (non-hydrogen) atoms. The number of ketones is 1. The number of carbonyl (C=O) groups is 2. The van der Waals surface area contributed by atoms with E-state index in [-0.39, 0.29) is 23.6 Å². The number of benzene rings is 2. The number of hydrogen-bond acceptors (Lipinski definition) is 3. The first-order valence-corrected chi connectivity index (χ1v) is 8.34. The fraction of sp³-hybridized carbons (Fsp3) is 0.263. The zero-order chi connectivity index (χ0) is 16.4. The molecule has 2 aromatic carbocycles. The second-order valence-corrected chi connectivity index (χ2v) is 6.69. The van der Waals surface area contributed by atoms with Crippen LogP contribution in [0.2, 0.25) is 0 Å². The molecule has 0 amide bonds. The van der Waals surface area contributed by atoms with Crippen LogP contribution in [0, 0.1) is 5.92 Å². The van der Waals surface area contributed by atoms with Crippen LogP contribution in [0.1, 0.15) is 33.8 Å². The number of fused-ring (bicyclic) bond motifs is 1. The molecule has 3 rings (SSSR count).